The Labute approximate surface area is 96.0 Å². The van der Waals surface area contributed by atoms with Gasteiger partial charge in [-0.3, -0.25) is 0 Å². The van der Waals surface area contributed by atoms with Gasteiger partial charge in [0.1, 0.15) is 0 Å². The minimum absolute atomic E-state index is 0.704. The maximum Gasteiger partial charge on any atom is 0.0210 e. The summed E-state index contributed by atoms with van der Waals surface area (Å²) in [6, 6.07) is 8.56. The lowest BCUT2D eigenvalue weighted by Gasteiger charge is -2.14. The molecule has 2 rings (SSSR count). The molecule has 13 heavy (non-hydrogen) atoms. The summed E-state index contributed by atoms with van der Waals surface area (Å²) < 4.78 is 1.26. The summed E-state index contributed by atoms with van der Waals surface area (Å²) >= 11 is 7.22. The Kier molecular flexibility index (Phi) is 3.10. The van der Waals surface area contributed by atoms with Gasteiger partial charge >= 0.3 is 0 Å². The van der Waals surface area contributed by atoms with Crippen molar-refractivity contribution in [2.24, 2.45) is 5.92 Å². The maximum absolute atomic E-state index is 3.61. The van der Waals surface area contributed by atoms with E-state index in [0.29, 0.717) is 5.92 Å². The number of alkyl halides is 1. The molecule has 0 bridgehead atoms. The van der Waals surface area contributed by atoms with Gasteiger partial charge in [0.2, 0.25) is 0 Å². The molecule has 0 heterocycles. The van der Waals surface area contributed by atoms with Gasteiger partial charge < -0.3 is 0 Å². The summed E-state index contributed by atoms with van der Waals surface area (Å²) in [6.07, 6.45) is 2.80. The third-order valence-corrected chi connectivity index (χ3v) is 4.08. The van der Waals surface area contributed by atoms with Gasteiger partial charge in [-0.2, -0.15) is 0 Å². The van der Waals surface area contributed by atoms with Crippen LogP contribution >= 0.6 is 31.9 Å². The third kappa shape index (κ3) is 2.16. The fraction of sp³-hybridized carbons (Fsp3) is 0.455. The summed E-state index contributed by atoms with van der Waals surface area (Å²) in [6.45, 7) is 0. The highest BCUT2D eigenvalue weighted by Crippen LogP contribution is 2.45. The SMILES string of the molecule is BrCC(c1ccccc1Br)C1CC1. The van der Waals surface area contributed by atoms with Crippen LogP contribution in [0, 0.1) is 5.92 Å². The quantitative estimate of drug-likeness (QED) is 0.729. The summed E-state index contributed by atoms with van der Waals surface area (Å²) in [4.78, 5) is 0. The van der Waals surface area contributed by atoms with E-state index in [9.17, 15) is 0 Å². The van der Waals surface area contributed by atoms with Crippen LogP contribution in [0.3, 0.4) is 0 Å². The molecule has 0 aromatic heterocycles. The lowest BCUT2D eigenvalue weighted by atomic mass is 9.96. The van der Waals surface area contributed by atoms with E-state index in [1.165, 1.54) is 22.9 Å². The van der Waals surface area contributed by atoms with Crippen molar-refractivity contribution >= 4 is 31.9 Å². The molecule has 1 saturated carbocycles. The fourth-order valence-corrected chi connectivity index (χ4v) is 3.19. The zero-order valence-electron chi connectivity index (χ0n) is 7.34. The minimum Gasteiger partial charge on any atom is -0.0921 e. The Bertz CT molecular complexity index is 292. The Balaban J connectivity index is 2.26. The highest BCUT2D eigenvalue weighted by atomic mass is 79.9. The van der Waals surface area contributed by atoms with Crippen molar-refractivity contribution in [1.29, 1.82) is 0 Å². The minimum atomic E-state index is 0.704. The van der Waals surface area contributed by atoms with Gasteiger partial charge in [-0.05, 0) is 36.3 Å². The van der Waals surface area contributed by atoms with E-state index >= 15 is 0 Å². The molecule has 1 aromatic carbocycles. The van der Waals surface area contributed by atoms with Crippen molar-refractivity contribution < 1.29 is 0 Å². The molecule has 1 aliphatic rings. The number of halogens is 2. The molecule has 1 aliphatic carbocycles. The molecule has 1 atom stereocenters. The number of hydrogen-bond acceptors (Lipinski definition) is 0. The van der Waals surface area contributed by atoms with E-state index in [0.717, 1.165) is 11.2 Å². The molecule has 0 aliphatic heterocycles. The van der Waals surface area contributed by atoms with E-state index in [2.05, 4.69) is 56.1 Å². The van der Waals surface area contributed by atoms with Crippen molar-refractivity contribution in [2.75, 3.05) is 5.33 Å². The van der Waals surface area contributed by atoms with Crippen molar-refractivity contribution in [3.63, 3.8) is 0 Å². The number of hydrogen-bond donors (Lipinski definition) is 0. The molecule has 0 spiro atoms. The molecule has 1 unspecified atom stereocenters. The van der Waals surface area contributed by atoms with Gasteiger partial charge in [0.05, 0.1) is 0 Å². The molecule has 0 nitrogen and oxygen atoms in total. The molecule has 0 amide bonds. The Morgan fingerprint density at radius 1 is 1.31 bits per heavy atom. The van der Waals surface area contributed by atoms with Gasteiger partial charge in [0, 0.05) is 9.80 Å². The Hall–Kier alpha value is 0.180. The molecular weight excluding hydrogens is 292 g/mol. The smallest absolute Gasteiger partial charge is 0.0210 e. The van der Waals surface area contributed by atoms with Crippen molar-refractivity contribution in [2.45, 2.75) is 18.8 Å². The van der Waals surface area contributed by atoms with Crippen LogP contribution in [-0.2, 0) is 0 Å². The van der Waals surface area contributed by atoms with E-state index in [4.69, 9.17) is 0 Å². The van der Waals surface area contributed by atoms with E-state index in [1.54, 1.807) is 0 Å². The summed E-state index contributed by atoms with van der Waals surface area (Å²) in [5.74, 6) is 1.62. The Morgan fingerprint density at radius 2 is 2.00 bits per heavy atom. The van der Waals surface area contributed by atoms with E-state index in [-0.39, 0.29) is 0 Å². The zero-order chi connectivity index (χ0) is 9.26. The van der Waals surface area contributed by atoms with Gasteiger partial charge in [-0.15, -0.1) is 0 Å². The van der Waals surface area contributed by atoms with Crippen molar-refractivity contribution in [1.82, 2.24) is 0 Å². The molecule has 0 saturated heterocycles. The maximum atomic E-state index is 3.61. The van der Waals surface area contributed by atoms with Crippen LogP contribution in [0.2, 0.25) is 0 Å². The number of benzene rings is 1. The Morgan fingerprint density at radius 3 is 2.54 bits per heavy atom. The normalized spacial score (nSPS) is 18.6. The van der Waals surface area contributed by atoms with Crippen LogP contribution in [0.25, 0.3) is 0 Å². The van der Waals surface area contributed by atoms with Crippen LogP contribution in [0.4, 0.5) is 0 Å². The van der Waals surface area contributed by atoms with Crippen LogP contribution in [-0.4, -0.2) is 5.33 Å². The summed E-state index contributed by atoms with van der Waals surface area (Å²) in [5, 5.41) is 1.08. The molecule has 1 fully saturated rings. The monoisotopic (exact) mass is 302 g/mol. The predicted octanol–water partition coefficient (Wildman–Crippen LogP) is 4.34. The first kappa shape index (κ1) is 9.72. The van der Waals surface area contributed by atoms with Crippen LogP contribution in [0.15, 0.2) is 28.7 Å². The van der Waals surface area contributed by atoms with Crippen molar-refractivity contribution in [3.8, 4) is 0 Å². The van der Waals surface area contributed by atoms with Gasteiger partial charge in [0.15, 0.2) is 0 Å². The second-order valence-electron chi connectivity index (χ2n) is 3.62. The highest BCUT2D eigenvalue weighted by molar-refractivity contribution is 9.10. The van der Waals surface area contributed by atoms with E-state index in [1.807, 2.05) is 0 Å². The first-order valence-corrected chi connectivity index (χ1v) is 6.54. The average molecular weight is 304 g/mol. The largest absolute Gasteiger partial charge is 0.0921 e. The molecular formula is C11H12Br2. The van der Waals surface area contributed by atoms with Crippen LogP contribution in [0.5, 0.6) is 0 Å². The molecule has 0 N–H and O–H groups in total. The van der Waals surface area contributed by atoms with Gasteiger partial charge in [-0.1, -0.05) is 50.1 Å². The number of rotatable bonds is 3. The van der Waals surface area contributed by atoms with Crippen molar-refractivity contribution in [3.05, 3.63) is 34.3 Å². The first-order valence-electron chi connectivity index (χ1n) is 4.63. The second kappa shape index (κ2) is 4.14. The fourth-order valence-electron chi connectivity index (χ4n) is 1.74. The third-order valence-electron chi connectivity index (χ3n) is 2.66. The zero-order valence-corrected chi connectivity index (χ0v) is 10.5. The standard InChI is InChI=1S/C11H12Br2/c12-7-10(8-5-6-8)9-3-1-2-4-11(9)13/h1-4,8,10H,5-7H2. The first-order chi connectivity index (χ1) is 6.33. The predicted molar refractivity (Wildman–Crippen MR) is 63.4 cm³/mol. The topological polar surface area (TPSA) is 0 Å². The second-order valence-corrected chi connectivity index (χ2v) is 5.12. The van der Waals surface area contributed by atoms with E-state index < -0.39 is 0 Å². The molecule has 0 radical (unpaired) electrons. The summed E-state index contributed by atoms with van der Waals surface area (Å²) in [5.41, 5.74) is 1.46. The molecule has 1 aromatic rings. The van der Waals surface area contributed by atoms with Gasteiger partial charge in [0.25, 0.3) is 0 Å². The lowest BCUT2D eigenvalue weighted by Crippen LogP contribution is -2.03. The van der Waals surface area contributed by atoms with Crippen LogP contribution < -0.4 is 0 Å². The van der Waals surface area contributed by atoms with Gasteiger partial charge in [-0.25, -0.2) is 0 Å². The molecule has 2 heteroatoms. The molecule has 70 valence electrons. The average Bonchev–Trinajstić information content (AvgIpc) is 2.93. The lowest BCUT2D eigenvalue weighted by molar-refractivity contribution is 0.675. The van der Waals surface area contributed by atoms with Crippen LogP contribution in [0.1, 0.15) is 24.3 Å². The highest BCUT2D eigenvalue weighted by Gasteiger charge is 2.32. The summed E-state index contributed by atoms with van der Waals surface area (Å²) in [7, 11) is 0.